The fraction of sp³-hybridized carbons (Fsp3) is 0.421. The highest BCUT2D eigenvalue weighted by Crippen LogP contribution is 2.22. The number of nitrogens with zero attached hydrogens (tertiary/aromatic N) is 3. The Morgan fingerprint density at radius 3 is 2.64 bits per heavy atom. The number of aromatic nitrogens is 1. The SMILES string of the molecule is N#Cc1ccc(Cc2cnc(NC(=O)CCCS(=O)(=O)N3CCCC3)s2)cc1. The molecule has 1 aliphatic rings. The van der Waals surface area contributed by atoms with Crippen molar-refractivity contribution in [1.29, 1.82) is 5.26 Å². The third kappa shape index (κ3) is 5.61. The average Bonchev–Trinajstić information content (AvgIpc) is 3.35. The van der Waals surface area contributed by atoms with Gasteiger partial charge in [-0.3, -0.25) is 4.79 Å². The number of anilines is 1. The fourth-order valence-electron chi connectivity index (χ4n) is 3.04. The van der Waals surface area contributed by atoms with Gasteiger partial charge in [0, 0.05) is 37.0 Å². The quantitative estimate of drug-likeness (QED) is 0.710. The van der Waals surface area contributed by atoms with Crippen LogP contribution >= 0.6 is 11.3 Å². The summed E-state index contributed by atoms with van der Waals surface area (Å²) in [6, 6.07) is 9.43. The Bertz CT molecular complexity index is 956. The number of hydrogen-bond donors (Lipinski definition) is 1. The van der Waals surface area contributed by atoms with Crippen molar-refractivity contribution >= 4 is 32.4 Å². The molecule has 0 saturated carbocycles. The highest BCUT2D eigenvalue weighted by atomic mass is 32.2. The summed E-state index contributed by atoms with van der Waals surface area (Å²) < 4.78 is 25.8. The highest BCUT2D eigenvalue weighted by molar-refractivity contribution is 7.89. The minimum absolute atomic E-state index is 0.00221. The lowest BCUT2D eigenvalue weighted by molar-refractivity contribution is -0.116. The number of benzene rings is 1. The van der Waals surface area contributed by atoms with E-state index in [1.54, 1.807) is 18.3 Å². The third-order valence-electron chi connectivity index (χ3n) is 4.53. The fourth-order valence-corrected chi connectivity index (χ4v) is 5.48. The Labute approximate surface area is 169 Å². The lowest BCUT2D eigenvalue weighted by Crippen LogP contribution is -2.30. The smallest absolute Gasteiger partial charge is 0.226 e. The van der Waals surface area contributed by atoms with E-state index in [1.165, 1.54) is 15.6 Å². The minimum Gasteiger partial charge on any atom is -0.302 e. The molecule has 0 unspecified atom stereocenters. The van der Waals surface area contributed by atoms with Gasteiger partial charge >= 0.3 is 0 Å². The molecule has 2 heterocycles. The van der Waals surface area contributed by atoms with Gasteiger partial charge in [0.25, 0.3) is 0 Å². The maximum Gasteiger partial charge on any atom is 0.226 e. The molecule has 9 heteroatoms. The van der Waals surface area contributed by atoms with Gasteiger partial charge in [-0.05, 0) is 37.0 Å². The number of hydrogen-bond acceptors (Lipinski definition) is 6. The molecule has 1 fully saturated rings. The lowest BCUT2D eigenvalue weighted by atomic mass is 10.1. The Balaban J connectivity index is 1.45. The van der Waals surface area contributed by atoms with Crippen LogP contribution in [0.15, 0.2) is 30.5 Å². The predicted molar refractivity (Wildman–Crippen MR) is 109 cm³/mol. The molecule has 0 aliphatic carbocycles. The van der Waals surface area contributed by atoms with E-state index in [9.17, 15) is 13.2 Å². The normalized spacial score (nSPS) is 14.7. The number of nitriles is 1. The Kier molecular flexibility index (Phi) is 6.78. The van der Waals surface area contributed by atoms with Crippen molar-refractivity contribution in [2.24, 2.45) is 0 Å². The van der Waals surface area contributed by atoms with Crippen molar-refractivity contribution in [3.63, 3.8) is 0 Å². The van der Waals surface area contributed by atoms with Crippen molar-refractivity contribution in [3.8, 4) is 6.07 Å². The Morgan fingerprint density at radius 1 is 1.25 bits per heavy atom. The van der Waals surface area contributed by atoms with Gasteiger partial charge in [0.1, 0.15) is 0 Å². The second kappa shape index (κ2) is 9.28. The molecule has 0 atom stereocenters. The topological polar surface area (TPSA) is 103 Å². The molecular weight excluding hydrogens is 396 g/mol. The molecule has 28 heavy (non-hydrogen) atoms. The van der Waals surface area contributed by atoms with Crippen LogP contribution in [-0.4, -0.2) is 42.5 Å². The number of nitrogens with one attached hydrogen (secondary N) is 1. The molecule has 148 valence electrons. The van der Waals surface area contributed by atoms with Crippen LogP contribution in [0.4, 0.5) is 5.13 Å². The third-order valence-corrected chi connectivity index (χ3v) is 7.40. The molecule has 1 aromatic heterocycles. The van der Waals surface area contributed by atoms with Crippen LogP contribution in [0.5, 0.6) is 0 Å². The van der Waals surface area contributed by atoms with Crippen LogP contribution in [0, 0.1) is 11.3 Å². The zero-order chi connectivity index (χ0) is 20.0. The van der Waals surface area contributed by atoms with E-state index in [2.05, 4.69) is 16.4 Å². The number of sulfonamides is 1. The first-order valence-corrected chi connectivity index (χ1v) is 11.6. The van der Waals surface area contributed by atoms with E-state index < -0.39 is 10.0 Å². The number of thiazole rings is 1. The van der Waals surface area contributed by atoms with Crippen LogP contribution < -0.4 is 5.32 Å². The first-order chi connectivity index (χ1) is 13.5. The Hall–Kier alpha value is -2.28. The van der Waals surface area contributed by atoms with Gasteiger partial charge in [-0.25, -0.2) is 17.7 Å². The number of rotatable bonds is 8. The summed E-state index contributed by atoms with van der Waals surface area (Å²) in [5.41, 5.74) is 1.68. The van der Waals surface area contributed by atoms with Crippen molar-refractivity contribution in [2.75, 3.05) is 24.2 Å². The standard InChI is InChI=1S/C19H22N4O3S2/c20-13-16-7-5-15(6-8-16)12-17-14-21-19(27-17)22-18(24)4-3-11-28(25,26)23-9-1-2-10-23/h5-8,14H,1-4,9-12H2,(H,21,22,24). The Morgan fingerprint density at radius 2 is 1.96 bits per heavy atom. The summed E-state index contributed by atoms with van der Waals surface area (Å²) in [7, 11) is -3.24. The van der Waals surface area contributed by atoms with Crippen molar-refractivity contribution in [1.82, 2.24) is 9.29 Å². The van der Waals surface area contributed by atoms with Gasteiger partial charge in [-0.1, -0.05) is 12.1 Å². The van der Waals surface area contributed by atoms with E-state index in [0.29, 0.717) is 36.6 Å². The molecule has 1 saturated heterocycles. The van der Waals surface area contributed by atoms with Crippen LogP contribution in [-0.2, 0) is 21.2 Å². The summed E-state index contributed by atoms with van der Waals surface area (Å²) in [6.45, 7) is 1.19. The van der Waals surface area contributed by atoms with Crippen molar-refractivity contribution < 1.29 is 13.2 Å². The summed E-state index contributed by atoms with van der Waals surface area (Å²) in [5, 5.41) is 12.1. The molecule has 0 radical (unpaired) electrons. The molecule has 3 rings (SSSR count). The van der Waals surface area contributed by atoms with Gasteiger partial charge in [0.2, 0.25) is 15.9 Å². The predicted octanol–water partition coefficient (Wildman–Crippen LogP) is 2.75. The molecular formula is C19H22N4O3S2. The molecule has 7 nitrogen and oxygen atoms in total. The van der Waals surface area contributed by atoms with Crippen molar-refractivity contribution in [2.45, 2.75) is 32.1 Å². The van der Waals surface area contributed by atoms with Gasteiger partial charge in [-0.2, -0.15) is 5.26 Å². The molecule has 0 spiro atoms. The summed E-state index contributed by atoms with van der Waals surface area (Å²) >= 11 is 1.39. The summed E-state index contributed by atoms with van der Waals surface area (Å²) in [4.78, 5) is 17.3. The zero-order valence-electron chi connectivity index (χ0n) is 15.4. The van der Waals surface area contributed by atoms with Crippen LogP contribution in [0.2, 0.25) is 0 Å². The molecule has 1 amide bonds. The van der Waals surface area contributed by atoms with E-state index in [0.717, 1.165) is 23.3 Å². The highest BCUT2D eigenvalue weighted by Gasteiger charge is 2.24. The molecule has 2 aromatic rings. The van der Waals surface area contributed by atoms with Crippen LogP contribution in [0.1, 0.15) is 41.7 Å². The van der Waals surface area contributed by atoms with E-state index in [-0.39, 0.29) is 18.1 Å². The lowest BCUT2D eigenvalue weighted by Gasteiger charge is -2.14. The van der Waals surface area contributed by atoms with E-state index >= 15 is 0 Å². The number of carbonyl (C=O) groups is 1. The van der Waals surface area contributed by atoms with Gasteiger partial charge in [0.05, 0.1) is 17.4 Å². The second-order valence-electron chi connectivity index (χ2n) is 6.69. The van der Waals surface area contributed by atoms with Crippen LogP contribution in [0.25, 0.3) is 0 Å². The summed E-state index contributed by atoms with van der Waals surface area (Å²) in [5.74, 6) is -0.224. The van der Waals surface area contributed by atoms with Crippen molar-refractivity contribution in [3.05, 3.63) is 46.5 Å². The molecule has 0 bridgehead atoms. The van der Waals surface area contributed by atoms with Gasteiger partial charge in [0.15, 0.2) is 5.13 Å². The maximum absolute atomic E-state index is 12.2. The monoisotopic (exact) mass is 418 g/mol. The molecule has 1 N–H and O–H groups in total. The average molecular weight is 419 g/mol. The van der Waals surface area contributed by atoms with Gasteiger partial charge in [-0.15, -0.1) is 11.3 Å². The molecule has 1 aromatic carbocycles. The molecule has 1 aliphatic heterocycles. The minimum atomic E-state index is -3.24. The first kappa shape index (κ1) is 20.5. The van der Waals surface area contributed by atoms with E-state index in [1.807, 2.05) is 12.1 Å². The van der Waals surface area contributed by atoms with Gasteiger partial charge < -0.3 is 5.32 Å². The zero-order valence-corrected chi connectivity index (χ0v) is 17.1. The first-order valence-electron chi connectivity index (χ1n) is 9.18. The van der Waals surface area contributed by atoms with Crippen LogP contribution in [0.3, 0.4) is 0 Å². The van der Waals surface area contributed by atoms with E-state index in [4.69, 9.17) is 5.26 Å². The largest absolute Gasteiger partial charge is 0.302 e. The summed E-state index contributed by atoms with van der Waals surface area (Å²) in [6.07, 6.45) is 4.67. The number of amides is 1. The maximum atomic E-state index is 12.2. The second-order valence-corrected chi connectivity index (χ2v) is 9.89. The number of carbonyl (C=O) groups excluding carboxylic acids is 1.